The lowest BCUT2D eigenvalue weighted by Crippen LogP contribution is -2.35. The van der Waals surface area contributed by atoms with Gasteiger partial charge in [0.1, 0.15) is 5.82 Å². The van der Waals surface area contributed by atoms with Crippen LogP contribution in [0.2, 0.25) is 0 Å². The molecular formula is C21H22FN3O3S. The number of nitrogens with zero attached hydrogens (tertiary/aromatic N) is 2. The van der Waals surface area contributed by atoms with Crippen LogP contribution >= 0.6 is 11.3 Å². The summed E-state index contributed by atoms with van der Waals surface area (Å²) >= 11 is 1.20. The van der Waals surface area contributed by atoms with Gasteiger partial charge in [0.05, 0.1) is 16.1 Å². The minimum absolute atomic E-state index is 0.139. The van der Waals surface area contributed by atoms with E-state index in [1.165, 1.54) is 29.7 Å². The summed E-state index contributed by atoms with van der Waals surface area (Å²) in [7, 11) is 3.88. The monoisotopic (exact) mass is 415 g/mol. The number of halogens is 1. The highest BCUT2D eigenvalue weighted by molar-refractivity contribution is 7.18. The molecule has 0 fully saturated rings. The Morgan fingerprint density at radius 2 is 1.83 bits per heavy atom. The number of benzene rings is 1. The van der Waals surface area contributed by atoms with Gasteiger partial charge in [0, 0.05) is 19.6 Å². The van der Waals surface area contributed by atoms with Crippen LogP contribution in [0.5, 0.6) is 0 Å². The largest absolute Gasteiger partial charge is 0.459 e. The van der Waals surface area contributed by atoms with Crippen molar-refractivity contribution in [2.75, 3.05) is 32.5 Å². The van der Waals surface area contributed by atoms with Crippen molar-refractivity contribution in [1.82, 2.24) is 9.80 Å². The van der Waals surface area contributed by atoms with Crippen LogP contribution < -0.4 is 5.32 Å². The van der Waals surface area contributed by atoms with Gasteiger partial charge in [-0.3, -0.25) is 9.59 Å². The summed E-state index contributed by atoms with van der Waals surface area (Å²) < 4.78 is 18.3. The maximum absolute atomic E-state index is 13.2. The van der Waals surface area contributed by atoms with Crippen molar-refractivity contribution in [2.45, 2.75) is 6.54 Å². The Hall–Kier alpha value is -2.97. The Balaban J connectivity index is 1.71. The molecule has 152 valence electrons. The van der Waals surface area contributed by atoms with Gasteiger partial charge < -0.3 is 19.5 Å². The molecule has 0 aliphatic carbocycles. The molecule has 3 rings (SSSR count). The number of likely N-dealkylation sites (N-methyl/N-ethyl adjacent to an activating group) is 1. The number of nitrogens with one attached hydrogen (secondary N) is 1. The number of hydrogen-bond donors (Lipinski definition) is 1. The third kappa shape index (κ3) is 5.75. The molecule has 0 radical (unpaired) electrons. The molecule has 0 saturated carbocycles. The highest BCUT2D eigenvalue weighted by atomic mass is 32.1. The van der Waals surface area contributed by atoms with E-state index in [1.54, 1.807) is 41.3 Å². The number of furan rings is 1. The van der Waals surface area contributed by atoms with Crippen molar-refractivity contribution in [3.05, 3.63) is 76.8 Å². The van der Waals surface area contributed by atoms with Gasteiger partial charge in [-0.2, -0.15) is 0 Å². The fourth-order valence-corrected chi connectivity index (χ4v) is 3.51. The van der Waals surface area contributed by atoms with E-state index in [0.29, 0.717) is 29.5 Å². The first kappa shape index (κ1) is 20.8. The number of anilines is 1. The predicted octanol–water partition coefficient (Wildman–Crippen LogP) is 3.94. The summed E-state index contributed by atoms with van der Waals surface area (Å²) in [5, 5.41) is 3.29. The average molecular weight is 415 g/mol. The zero-order valence-electron chi connectivity index (χ0n) is 16.2. The first-order chi connectivity index (χ1) is 13.9. The maximum atomic E-state index is 13.2. The van der Waals surface area contributed by atoms with Gasteiger partial charge in [-0.1, -0.05) is 12.1 Å². The second-order valence-electron chi connectivity index (χ2n) is 6.75. The minimum atomic E-state index is -0.369. The van der Waals surface area contributed by atoms with E-state index in [2.05, 4.69) is 5.32 Å². The second kappa shape index (κ2) is 9.49. The summed E-state index contributed by atoms with van der Waals surface area (Å²) in [6, 6.07) is 12.7. The number of amides is 2. The van der Waals surface area contributed by atoms with E-state index in [4.69, 9.17) is 4.42 Å². The van der Waals surface area contributed by atoms with Gasteiger partial charge in [0.25, 0.3) is 11.8 Å². The lowest BCUT2D eigenvalue weighted by atomic mass is 10.2. The molecule has 0 saturated heterocycles. The van der Waals surface area contributed by atoms with E-state index >= 15 is 0 Å². The fourth-order valence-electron chi connectivity index (χ4n) is 2.64. The molecule has 0 aliphatic rings. The number of thiophene rings is 1. The summed E-state index contributed by atoms with van der Waals surface area (Å²) in [6.45, 7) is 1.59. The maximum Gasteiger partial charge on any atom is 0.291 e. The Labute approximate surface area is 172 Å². The smallest absolute Gasteiger partial charge is 0.291 e. The normalized spacial score (nSPS) is 10.9. The lowest BCUT2D eigenvalue weighted by Gasteiger charge is -2.24. The highest BCUT2D eigenvalue weighted by Crippen LogP contribution is 2.24. The van der Waals surface area contributed by atoms with Gasteiger partial charge in [-0.15, -0.1) is 11.3 Å². The van der Waals surface area contributed by atoms with Gasteiger partial charge in [0.2, 0.25) is 0 Å². The van der Waals surface area contributed by atoms with E-state index in [-0.39, 0.29) is 23.4 Å². The van der Waals surface area contributed by atoms with E-state index in [9.17, 15) is 14.0 Å². The number of carbonyl (C=O) groups excluding carboxylic acids is 2. The number of hydrogen-bond acceptors (Lipinski definition) is 5. The molecule has 2 heterocycles. The van der Waals surface area contributed by atoms with Crippen molar-refractivity contribution < 1.29 is 18.4 Å². The van der Waals surface area contributed by atoms with Crippen LogP contribution in [0.1, 0.15) is 25.8 Å². The van der Waals surface area contributed by atoms with Crippen molar-refractivity contribution in [3.8, 4) is 0 Å². The van der Waals surface area contributed by atoms with Gasteiger partial charge in [-0.05, 0) is 56.1 Å². The van der Waals surface area contributed by atoms with Gasteiger partial charge >= 0.3 is 0 Å². The first-order valence-electron chi connectivity index (χ1n) is 9.05. The van der Waals surface area contributed by atoms with E-state index < -0.39 is 0 Å². The van der Waals surface area contributed by atoms with Crippen LogP contribution in [0, 0.1) is 5.82 Å². The minimum Gasteiger partial charge on any atom is -0.459 e. The number of rotatable bonds is 8. The van der Waals surface area contributed by atoms with Crippen molar-refractivity contribution >= 4 is 28.2 Å². The van der Waals surface area contributed by atoms with Crippen molar-refractivity contribution in [2.24, 2.45) is 0 Å². The zero-order chi connectivity index (χ0) is 20.8. The summed E-state index contributed by atoms with van der Waals surface area (Å²) in [5.41, 5.74) is 0.849. The summed E-state index contributed by atoms with van der Waals surface area (Å²) in [4.78, 5) is 29.4. The molecular weight excluding hydrogens is 393 g/mol. The molecule has 1 aromatic carbocycles. The van der Waals surface area contributed by atoms with E-state index in [0.717, 1.165) is 5.56 Å². The molecule has 29 heavy (non-hydrogen) atoms. The molecule has 0 aliphatic heterocycles. The first-order valence-corrected chi connectivity index (χ1v) is 9.87. The summed E-state index contributed by atoms with van der Waals surface area (Å²) in [5.74, 6) is -0.614. The fraction of sp³-hybridized carbons (Fsp3) is 0.238. The molecule has 2 amide bonds. The average Bonchev–Trinajstić information content (AvgIpc) is 3.38. The molecule has 6 nitrogen and oxygen atoms in total. The molecule has 1 N–H and O–H groups in total. The van der Waals surface area contributed by atoms with Crippen molar-refractivity contribution in [3.63, 3.8) is 0 Å². The van der Waals surface area contributed by atoms with Crippen LogP contribution in [-0.4, -0.2) is 48.8 Å². The van der Waals surface area contributed by atoms with Crippen LogP contribution in [0.25, 0.3) is 0 Å². The Morgan fingerprint density at radius 1 is 1.07 bits per heavy atom. The van der Waals surface area contributed by atoms with Crippen LogP contribution in [0.3, 0.4) is 0 Å². The van der Waals surface area contributed by atoms with Crippen molar-refractivity contribution in [1.29, 1.82) is 0 Å². The third-order valence-electron chi connectivity index (χ3n) is 4.19. The van der Waals surface area contributed by atoms with E-state index in [1.807, 2.05) is 19.0 Å². The molecule has 0 spiro atoms. The molecule has 2 aromatic heterocycles. The molecule has 0 bridgehead atoms. The summed E-state index contributed by atoms with van der Waals surface area (Å²) in [6.07, 6.45) is 1.43. The quantitative estimate of drug-likeness (QED) is 0.605. The second-order valence-corrected chi connectivity index (χ2v) is 7.84. The SMILES string of the molecule is CN(C)CCN(Cc1ccc(F)cc1)C(=O)c1ccc(NC(=O)c2ccco2)s1. The Morgan fingerprint density at radius 3 is 2.48 bits per heavy atom. The molecule has 0 atom stereocenters. The topological polar surface area (TPSA) is 65.8 Å². The Kier molecular flexibility index (Phi) is 6.79. The highest BCUT2D eigenvalue weighted by Gasteiger charge is 2.19. The predicted molar refractivity (Wildman–Crippen MR) is 111 cm³/mol. The zero-order valence-corrected chi connectivity index (χ0v) is 17.0. The number of carbonyl (C=O) groups is 2. The van der Waals surface area contributed by atoms with Crippen LogP contribution in [-0.2, 0) is 6.54 Å². The Bertz CT molecular complexity index is 952. The molecule has 8 heteroatoms. The van der Waals surface area contributed by atoms with Crippen LogP contribution in [0.4, 0.5) is 9.39 Å². The van der Waals surface area contributed by atoms with Gasteiger partial charge in [-0.25, -0.2) is 4.39 Å². The lowest BCUT2D eigenvalue weighted by molar-refractivity contribution is 0.0736. The van der Waals surface area contributed by atoms with Gasteiger partial charge in [0.15, 0.2) is 5.76 Å². The van der Waals surface area contributed by atoms with Crippen LogP contribution in [0.15, 0.2) is 59.2 Å². The molecule has 0 unspecified atom stereocenters. The molecule has 3 aromatic rings. The third-order valence-corrected chi connectivity index (χ3v) is 5.18. The standard InChI is InChI=1S/C21H22FN3O3S/c1-24(2)11-12-25(14-15-5-7-16(22)8-6-15)21(27)18-9-10-19(29-18)23-20(26)17-4-3-13-28-17/h3-10,13H,11-12,14H2,1-2H3,(H,23,26).